The maximum atomic E-state index is 10.8. The van der Waals surface area contributed by atoms with Gasteiger partial charge in [-0.25, -0.2) is 0 Å². The van der Waals surface area contributed by atoms with Crippen LogP contribution in [0.4, 0.5) is 0 Å². The lowest BCUT2D eigenvalue weighted by Crippen LogP contribution is -2.44. The summed E-state index contributed by atoms with van der Waals surface area (Å²) in [5, 5.41) is 8.91. The van der Waals surface area contributed by atoms with E-state index in [9.17, 15) is 4.79 Å². The highest BCUT2D eigenvalue weighted by Crippen LogP contribution is 2.46. The quantitative estimate of drug-likeness (QED) is 0.725. The summed E-state index contributed by atoms with van der Waals surface area (Å²) in [4.78, 5) is 13.1. The first-order valence-electron chi connectivity index (χ1n) is 10.9. The highest BCUT2D eigenvalue weighted by molar-refractivity contribution is 5.66. The van der Waals surface area contributed by atoms with Crippen LogP contribution in [0, 0.1) is 0 Å². The highest BCUT2D eigenvalue weighted by Gasteiger charge is 2.43. The van der Waals surface area contributed by atoms with Crippen LogP contribution >= 0.6 is 0 Å². The van der Waals surface area contributed by atoms with Gasteiger partial charge in [0.15, 0.2) is 0 Å². The van der Waals surface area contributed by atoms with Crippen LogP contribution in [-0.2, 0) is 16.8 Å². The number of nitrogens with zero attached hydrogens (tertiary/aromatic N) is 1. The largest absolute Gasteiger partial charge is 0.492 e. The van der Waals surface area contributed by atoms with Gasteiger partial charge >= 0.3 is 5.97 Å². The monoisotopic (exact) mass is 409 g/mol. The summed E-state index contributed by atoms with van der Waals surface area (Å²) >= 11 is 0. The van der Waals surface area contributed by atoms with Crippen molar-refractivity contribution in [3.8, 4) is 11.5 Å². The molecule has 2 aromatic rings. The number of carbonyl (C=O) groups is 1. The molecule has 2 heterocycles. The van der Waals surface area contributed by atoms with Gasteiger partial charge in [-0.2, -0.15) is 0 Å². The lowest BCUT2D eigenvalue weighted by atomic mass is 9.74. The second-order valence-corrected chi connectivity index (χ2v) is 8.85. The number of benzene rings is 2. The normalized spacial score (nSPS) is 17.7. The predicted molar refractivity (Wildman–Crippen MR) is 116 cm³/mol. The Bertz CT molecular complexity index is 900. The molecule has 2 aliphatic heterocycles. The minimum atomic E-state index is -0.728. The van der Waals surface area contributed by atoms with E-state index in [1.807, 2.05) is 6.07 Å². The van der Waals surface area contributed by atoms with Crippen LogP contribution in [-0.4, -0.2) is 42.2 Å². The van der Waals surface area contributed by atoms with Crippen molar-refractivity contribution in [2.45, 2.75) is 51.0 Å². The molecule has 160 valence electrons. The van der Waals surface area contributed by atoms with Gasteiger partial charge in [-0.05, 0) is 49.0 Å². The molecule has 1 spiro atoms. The molecule has 1 N–H and O–H groups in total. The number of hydrogen-bond acceptors (Lipinski definition) is 4. The van der Waals surface area contributed by atoms with E-state index in [2.05, 4.69) is 55.1 Å². The molecule has 0 saturated carbocycles. The number of ether oxygens (including phenoxy) is 2. The zero-order valence-corrected chi connectivity index (χ0v) is 17.9. The number of aliphatic carboxylic acids is 1. The molecular formula is C25H31NO4. The van der Waals surface area contributed by atoms with E-state index in [0.717, 1.165) is 37.4 Å². The summed E-state index contributed by atoms with van der Waals surface area (Å²) in [6.07, 6.45) is 2.21. The van der Waals surface area contributed by atoms with Crippen LogP contribution in [0.2, 0.25) is 0 Å². The fourth-order valence-corrected chi connectivity index (χ4v) is 4.71. The van der Waals surface area contributed by atoms with Crippen LogP contribution in [0.1, 0.15) is 55.7 Å². The second-order valence-electron chi connectivity index (χ2n) is 8.85. The lowest BCUT2D eigenvalue weighted by molar-refractivity contribution is -0.137. The predicted octanol–water partition coefficient (Wildman–Crippen LogP) is 4.59. The zero-order chi connectivity index (χ0) is 21.1. The minimum absolute atomic E-state index is 0.0534. The van der Waals surface area contributed by atoms with Crippen molar-refractivity contribution in [3.05, 3.63) is 59.2 Å². The SMILES string of the molecule is CC(C)c1ccccc1COc1ccc2c(c1)OCC21CCN(CCC(=O)O)CC1. The first-order valence-corrected chi connectivity index (χ1v) is 10.9. The Morgan fingerprint density at radius 3 is 2.70 bits per heavy atom. The number of piperidine rings is 1. The smallest absolute Gasteiger partial charge is 0.304 e. The third-order valence-electron chi connectivity index (χ3n) is 6.55. The fraction of sp³-hybridized carbons (Fsp3) is 0.480. The molecule has 5 nitrogen and oxygen atoms in total. The summed E-state index contributed by atoms with van der Waals surface area (Å²) < 4.78 is 12.2. The number of likely N-dealkylation sites (tertiary alicyclic amines) is 1. The molecule has 30 heavy (non-hydrogen) atoms. The standard InChI is InChI=1S/C25H31NO4/c1-18(2)21-6-4-3-5-19(21)16-29-20-7-8-22-23(15-20)30-17-25(22)10-13-26(14-11-25)12-9-24(27)28/h3-8,15,18H,9-14,16-17H2,1-2H3,(H,27,28). The molecule has 0 bridgehead atoms. The Kier molecular flexibility index (Phi) is 6.00. The van der Waals surface area contributed by atoms with Crippen LogP contribution in [0.25, 0.3) is 0 Å². The van der Waals surface area contributed by atoms with E-state index in [1.54, 1.807) is 0 Å². The van der Waals surface area contributed by atoms with Crippen LogP contribution < -0.4 is 9.47 Å². The van der Waals surface area contributed by atoms with Crippen molar-refractivity contribution in [1.82, 2.24) is 4.90 Å². The minimum Gasteiger partial charge on any atom is -0.492 e. The molecular weight excluding hydrogens is 378 g/mol. The topological polar surface area (TPSA) is 59.0 Å². The molecule has 0 amide bonds. The third kappa shape index (κ3) is 4.31. The third-order valence-corrected chi connectivity index (χ3v) is 6.55. The first-order chi connectivity index (χ1) is 14.5. The molecule has 0 atom stereocenters. The molecule has 0 radical (unpaired) electrons. The van der Waals surface area contributed by atoms with E-state index in [1.165, 1.54) is 16.7 Å². The Balaban J connectivity index is 1.40. The molecule has 1 fully saturated rings. The maximum Gasteiger partial charge on any atom is 0.304 e. The van der Waals surface area contributed by atoms with Crippen molar-refractivity contribution < 1.29 is 19.4 Å². The van der Waals surface area contributed by atoms with Crippen molar-refractivity contribution in [3.63, 3.8) is 0 Å². The van der Waals surface area contributed by atoms with Crippen molar-refractivity contribution in [2.24, 2.45) is 0 Å². The average molecular weight is 410 g/mol. The number of hydrogen-bond donors (Lipinski definition) is 1. The van der Waals surface area contributed by atoms with Gasteiger partial charge in [-0.1, -0.05) is 44.2 Å². The Morgan fingerprint density at radius 1 is 1.20 bits per heavy atom. The van der Waals surface area contributed by atoms with Gasteiger partial charge in [-0.15, -0.1) is 0 Å². The molecule has 0 unspecified atom stereocenters. The van der Waals surface area contributed by atoms with Crippen molar-refractivity contribution in [1.29, 1.82) is 0 Å². The Labute approximate surface area is 178 Å². The van der Waals surface area contributed by atoms with Gasteiger partial charge in [0.1, 0.15) is 18.1 Å². The second kappa shape index (κ2) is 8.68. The molecule has 4 rings (SSSR count). The summed E-state index contributed by atoms with van der Waals surface area (Å²) in [7, 11) is 0. The van der Waals surface area contributed by atoms with Crippen LogP contribution in [0.15, 0.2) is 42.5 Å². The molecule has 1 saturated heterocycles. The zero-order valence-electron chi connectivity index (χ0n) is 17.9. The summed E-state index contributed by atoms with van der Waals surface area (Å²) in [6, 6.07) is 14.7. The Morgan fingerprint density at radius 2 is 1.97 bits per heavy atom. The number of carboxylic acid groups (broad SMARTS) is 1. The summed E-state index contributed by atoms with van der Waals surface area (Å²) in [5.41, 5.74) is 3.87. The first kappa shape index (κ1) is 20.7. The highest BCUT2D eigenvalue weighted by atomic mass is 16.5. The number of rotatable bonds is 7. The maximum absolute atomic E-state index is 10.8. The lowest BCUT2D eigenvalue weighted by Gasteiger charge is -2.38. The fourth-order valence-electron chi connectivity index (χ4n) is 4.71. The van der Waals surface area contributed by atoms with E-state index >= 15 is 0 Å². The average Bonchev–Trinajstić information content (AvgIpc) is 3.09. The van der Waals surface area contributed by atoms with Gasteiger partial charge in [0.05, 0.1) is 13.0 Å². The summed E-state index contributed by atoms with van der Waals surface area (Å²) in [6.45, 7) is 8.12. The van der Waals surface area contributed by atoms with Crippen molar-refractivity contribution >= 4 is 5.97 Å². The molecule has 5 heteroatoms. The summed E-state index contributed by atoms with van der Waals surface area (Å²) in [5.74, 6) is 1.51. The Hall–Kier alpha value is -2.53. The molecule has 2 aromatic carbocycles. The van der Waals surface area contributed by atoms with E-state index in [4.69, 9.17) is 14.6 Å². The van der Waals surface area contributed by atoms with E-state index < -0.39 is 5.97 Å². The van der Waals surface area contributed by atoms with Crippen LogP contribution in [0.5, 0.6) is 11.5 Å². The molecule has 2 aliphatic rings. The van der Waals surface area contributed by atoms with E-state index in [-0.39, 0.29) is 11.8 Å². The van der Waals surface area contributed by atoms with E-state index in [0.29, 0.717) is 25.7 Å². The van der Waals surface area contributed by atoms with Gasteiger partial charge < -0.3 is 19.5 Å². The molecule has 0 aliphatic carbocycles. The van der Waals surface area contributed by atoms with Crippen molar-refractivity contribution in [2.75, 3.05) is 26.2 Å². The van der Waals surface area contributed by atoms with Crippen LogP contribution in [0.3, 0.4) is 0 Å². The van der Waals surface area contributed by atoms with Gasteiger partial charge in [0, 0.05) is 23.6 Å². The number of fused-ring (bicyclic) bond motifs is 2. The van der Waals surface area contributed by atoms with Gasteiger partial charge in [0.2, 0.25) is 0 Å². The molecule has 0 aromatic heterocycles. The van der Waals surface area contributed by atoms with Gasteiger partial charge in [0.25, 0.3) is 0 Å². The number of carboxylic acids is 1. The van der Waals surface area contributed by atoms with Gasteiger partial charge in [-0.3, -0.25) is 4.79 Å².